The van der Waals surface area contributed by atoms with Gasteiger partial charge in [-0.1, -0.05) is 32.4 Å². The summed E-state index contributed by atoms with van der Waals surface area (Å²) in [5, 5.41) is 0.219. The topological polar surface area (TPSA) is 44.1 Å². The van der Waals surface area contributed by atoms with E-state index in [-0.39, 0.29) is 23.2 Å². The van der Waals surface area contributed by atoms with Gasteiger partial charge in [0.05, 0.1) is 6.10 Å². The van der Waals surface area contributed by atoms with Crippen molar-refractivity contribution in [1.82, 2.24) is 9.55 Å². The van der Waals surface area contributed by atoms with Gasteiger partial charge in [0.25, 0.3) is 0 Å². The van der Waals surface area contributed by atoms with E-state index >= 15 is 0 Å². The zero-order valence-corrected chi connectivity index (χ0v) is 11.0. The smallest absolute Gasteiger partial charge is 0.351 e. The average Bonchev–Trinajstić information content (AvgIpc) is 2.57. The Labute approximate surface area is 106 Å². The maximum Gasteiger partial charge on any atom is 0.351 e. The second-order valence-electron chi connectivity index (χ2n) is 4.63. The molecule has 1 aliphatic heterocycles. The summed E-state index contributed by atoms with van der Waals surface area (Å²) in [6, 6.07) is 1.61. The fourth-order valence-electron chi connectivity index (χ4n) is 2.40. The van der Waals surface area contributed by atoms with Gasteiger partial charge in [-0.25, -0.2) is 4.79 Å². The Hall–Kier alpha value is -0.870. The number of rotatable bonds is 2. The normalized spacial score (nSPS) is 32.9. The molecule has 1 unspecified atom stereocenters. The van der Waals surface area contributed by atoms with Crippen molar-refractivity contribution in [3.05, 3.63) is 27.9 Å². The summed E-state index contributed by atoms with van der Waals surface area (Å²) in [5.41, 5.74) is -0.349. The van der Waals surface area contributed by atoms with Crippen LogP contribution in [0.1, 0.15) is 33.4 Å². The summed E-state index contributed by atoms with van der Waals surface area (Å²) in [6.45, 7) is 6.36. The number of nitrogens with zero attached hydrogens (tertiary/aromatic N) is 2. The Balaban J connectivity index is 2.32. The van der Waals surface area contributed by atoms with Crippen molar-refractivity contribution in [2.24, 2.45) is 11.8 Å². The first-order valence-corrected chi connectivity index (χ1v) is 6.32. The molecule has 0 N–H and O–H groups in total. The summed E-state index contributed by atoms with van der Waals surface area (Å²) in [6.07, 6.45) is 2.59. The standard InChI is InChI=1S/C12H17ClN2O2/c1-4-9-7(2)8(3)11(17-9)15-6-5-10(13)14-12(15)16/h5-9,11H,4H2,1-3H3/t7?,8-,9+,11+/m0/s1. The van der Waals surface area contributed by atoms with Crippen LogP contribution in [0.2, 0.25) is 5.15 Å². The maximum atomic E-state index is 11.8. The number of hydrogen-bond donors (Lipinski definition) is 0. The van der Waals surface area contributed by atoms with Gasteiger partial charge in [-0.3, -0.25) is 4.57 Å². The minimum Gasteiger partial charge on any atom is -0.354 e. The Morgan fingerprint density at radius 1 is 1.47 bits per heavy atom. The number of ether oxygens (including phenoxy) is 1. The van der Waals surface area contributed by atoms with Gasteiger partial charge in [0.1, 0.15) is 11.4 Å². The van der Waals surface area contributed by atoms with Gasteiger partial charge >= 0.3 is 5.69 Å². The summed E-state index contributed by atoms with van der Waals surface area (Å²) in [7, 11) is 0. The summed E-state index contributed by atoms with van der Waals surface area (Å²) < 4.78 is 7.45. The minimum absolute atomic E-state index is 0.206. The van der Waals surface area contributed by atoms with E-state index in [0.717, 1.165) is 6.42 Å². The van der Waals surface area contributed by atoms with Crippen LogP contribution in [0.5, 0.6) is 0 Å². The molecule has 0 aliphatic carbocycles. The van der Waals surface area contributed by atoms with Gasteiger partial charge in [0, 0.05) is 12.1 Å². The van der Waals surface area contributed by atoms with Crippen molar-refractivity contribution in [1.29, 1.82) is 0 Å². The first-order valence-electron chi connectivity index (χ1n) is 5.94. The highest BCUT2D eigenvalue weighted by atomic mass is 35.5. The Bertz CT molecular complexity index is 460. The first-order chi connectivity index (χ1) is 8.04. The SMILES string of the molecule is CC[C@H]1O[C@@H](n2ccc(Cl)nc2=O)[C@@H](C)C1C. The Kier molecular flexibility index (Phi) is 3.54. The summed E-state index contributed by atoms with van der Waals surface area (Å²) >= 11 is 5.68. The third-order valence-electron chi connectivity index (χ3n) is 3.65. The van der Waals surface area contributed by atoms with Crippen molar-refractivity contribution < 1.29 is 4.74 Å². The molecule has 5 heteroatoms. The minimum atomic E-state index is -0.349. The van der Waals surface area contributed by atoms with E-state index < -0.39 is 0 Å². The van der Waals surface area contributed by atoms with E-state index in [0.29, 0.717) is 11.8 Å². The highest BCUT2D eigenvalue weighted by Gasteiger charge is 2.39. The predicted molar refractivity (Wildman–Crippen MR) is 66.0 cm³/mol. The van der Waals surface area contributed by atoms with Crippen LogP contribution in [0.15, 0.2) is 17.1 Å². The fraction of sp³-hybridized carbons (Fsp3) is 0.667. The molecule has 0 saturated carbocycles. The molecule has 0 radical (unpaired) electrons. The van der Waals surface area contributed by atoms with Gasteiger partial charge in [-0.15, -0.1) is 0 Å². The molecule has 17 heavy (non-hydrogen) atoms. The highest BCUT2D eigenvalue weighted by Crippen LogP contribution is 2.39. The maximum absolute atomic E-state index is 11.8. The molecule has 1 saturated heterocycles. The van der Waals surface area contributed by atoms with Crippen molar-refractivity contribution in [3.8, 4) is 0 Å². The number of aromatic nitrogens is 2. The van der Waals surface area contributed by atoms with Crippen LogP contribution in [0.4, 0.5) is 0 Å². The lowest BCUT2D eigenvalue weighted by Crippen LogP contribution is -2.29. The molecule has 2 rings (SSSR count). The second kappa shape index (κ2) is 4.78. The molecular formula is C12H17ClN2O2. The second-order valence-corrected chi connectivity index (χ2v) is 5.02. The van der Waals surface area contributed by atoms with Gasteiger partial charge in [0.2, 0.25) is 0 Å². The van der Waals surface area contributed by atoms with Gasteiger partial charge in [0.15, 0.2) is 0 Å². The van der Waals surface area contributed by atoms with Crippen LogP contribution in [-0.2, 0) is 4.74 Å². The first kappa shape index (κ1) is 12.6. The zero-order valence-electron chi connectivity index (χ0n) is 10.3. The molecule has 4 nitrogen and oxygen atoms in total. The molecule has 94 valence electrons. The van der Waals surface area contributed by atoms with Gasteiger partial charge < -0.3 is 4.74 Å². The molecule has 1 aromatic heterocycles. The molecule has 0 amide bonds. The van der Waals surface area contributed by atoms with Crippen LogP contribution in [0.25, 0.3) is 0 Å². The zero-order chi connectivity index (χ0) is 12.6. The van der Waals surface area contributed by atoms with Crippen LogP contribution in [0, 0.1) is 11.8 Å². The number of halogens is 1. The monoisotopic (exact) mass is 256 g/mol. The lowest BCUT2D eigenvalue weighted by atomic mass is 9.91. The summed E-state index contributed by atoms with van der Waals surface area (Å²) in [4.78, 5) is 15.5. The largest absolute Gasteiger partial charge is 0.354 e. The number of hydrogen-bond acceptors (Lipinski definition) is 3. The molecule has 1 fully saturated rings. The Morgan fingerprint density at radius 3 is 2.71 bits per heavy atom. The van der Waals surface area contributed by atoms with Crippen molar-refractivity contribution in [3.63, 3.8) is 0 Å². The molecule has 0 spiro atoms. The third kappa shape index (κ3) is 2.24. The van der Waals surface area contributed by atoms with Crippen LogP contribution in [-0.4, -0.2) is 15.7 Å². The average molecular weight is 257 g/mol. The highest BCUT2D eigenvalue weighted by molar-refractivity contribution is 6.29. The molecule has 0 aromatic carbocycles. The third-order valence-corrected chi connectivity index (χ3v) is 3.86. The van der Waals surface area contributed by atoms with E-state index in [4.69, 9.17) is 16.3 Å². The van der Waals surface area contributed by atoms with E-state index in [1.54, 1.807) is 12.3 Å². The van der Waals surface area contributed by atoms with Crippen LogP contribution >= 0.6 is 11.6 Å². The lowest BCUT2D eigenvalue weighted by Gasteiger charge is -2.18. The van der Waals surface area contributed by atoms with Gasteiger partial charge in [-0.05, 0) is 18.4 Å². The quantitative estimate of drug-likeness (QED) is 0.764. The molecule has 4 atom stereocenters. The van der Waals surface area contributed by atoms with Crippen molar-refractivity contribution in [2.75, 3.05) is 0 Å². The van der Waals surface area contributed by atoms with E-state index in [2.05, 4.69) is 25.8 Å². The fourth-order valence-corrected chi connectivity index (χ4v) is 2.53. The van der Waals surface area contributed by atoms with Gasteiger partial charge in [-0.2, -0.15) is 4.98 Å². The van der Waals surface area contributed by atoms with Crippen LogP contribution < -0.4 is 5.69 Å². The molecule has 0 bridgehead atoms. The molecule has 1 aliphatic rings. The molecule has 1 aromatic rings. The van der Waals surface area contributed by atoms with Crippen molar-refractivity contribution >= 4 is 11.6 Å². The van der Waals surface area contributed by atoms with E-state index in [9.17, 15) is 4.79 Å². The molecule has 2 heterocycles. The predicted octanol–water partition coefficient (Wildman–Crippen LogP) is 2.48. The summed E-state index contributed by atoms with van der Waals surface area (Å²) in [5.74, 6) is 0.730. The van der Waals surface area contributed by atoms with E-state index in [1.165, 1.54) is 4.57 Å². The Morgan fingerprint density at radius 2 is 2.18 bits per heavy atom. The van der Waals surface area contributed by atoms with E-state index in [1.807, 2.05) is 0 Å². The lowest BCUT2D eigenvalue weighted by molar-refractivity contribution is -0.0168. The molecular weight excluding hydrogens is 240 g/mol. The van der Waals surface area contributed by atoms with Crippen LogP contribution in [0.3, 0.4) is 0 Å². The van der Waals surface area contributed by atoms with Crippen molar-refractivity contribution in [2.45, 2.75) is 39.5 Å².